The van der Waals surface area contributed by atoms with Crippen molar-refractivity contribution in [3.05, 3.63) is 47.8 Å². The molecule has 1 saturated heterocycles. The number of nitrogens with one attached hydrogen (secondary N) is 1. The lowest BCUT2D eigenvalue weighted by atomic mass is 10.1. The van der Waals surface area contributed by atoms with Crippen LogP contribution >= 0.6 is 0 Å². The van der Waals surface area contributed by atoms with Gasteiger partial charge in [-0.1, -0.05) is 0 Å². The maximum absolute atomic E-state index is 13.8. The molecule has 3 rings (SSSR count). The predicted octanol–water partition coefficient (Wildman–Crippen LogP) is 2.33. The molecule has 1 aliphatic heterocycles. The van der Waals surface area contributed by atoms with Gasteiger partial charge < -0.3 is 5.32 Å². The molecule has 22 heavy (non-hydrogen) atoms. The second kappa shape index (κ2) is 6.14. The maximum Gasteiger partial charge on any atom is 0.151 e. The molecule has 4 nitrogen and oxygen atoms in total. The van der Waals surface area contributed by atoms with Gasteiger partial charge in [0.25, 0.3) is 0 Å². The molecule has 0 aliphatic carbocycles. The highest BCUT2D eigenvalue weighted by Crippen LogP contribution is 2.16. The van der Waals surface area contributed by atoms with Crippen molar-refractivity contribution in [2.45, 2.75) is 32.5 Å². The van der Waals surface area contributed by atoms with Crippen LogP contribution in [-0.4, -0.2) is 39.9 Å². The van der Waals surface area contributed by atoms with E-state index in [1.54, 1.807) is 6.20 Å². The Kier molecular flexibility index (Phi) is 4.22. The maximum atomic E-state index is 13.8. The third kappa shape index (κ3) is 3.03. The Hall–Kier alpha value is -1.79. The minimum Gasteiger partial charge on any atom is -0.311 e. The molecule has 2 aromatic rings. The van der Waals surface area contributed by atoms with Gasteiger partial charge in [0, 0.05) is 44.0 Å². The highest BCUT2D eigenvalue weighted by atomic mass is 19.1. The summed E-state index contributed by atoms with van der Waals surface area (Å²) in [4.78, 5) is 2.36. The van der Waals surface area contributed by atoms with Gasteiger partial charge >= 0.3 is 0 Å². The second-order valence-corrected chi connectivity index (χ2v) is 5.80. The molecule has 1 N–H and O–H groups in total. The molecular formula is C16H20F2N4. The van der Waals surface area contributed by atoms with Crippen LogP contribution in [0.2, 0.25) is 0 Å². The summed E-state index contributed by atoms with van der Waals surface area (Å²) in [5.41, 5.74) is 1.14. The van der Waals surface area contributed by atoms with Crippen LogP contribution < -0.4 is 5.32 Å². The zero-order chi connectivity index (χ0) is 15.7. The molecule has 0 radical (unpaired) electrons. The lowest BCUT2D eigenvalue weighted by Crippen LogP contribution is -2.54. The molecule has 0 amide bonds. The van der Waals surface area contributed by atoms with Crippen LogP contribution in [0.1, 0.15) is 19.5 Å². The average Bonchev–Trinajstić information content (AvgIpc) is 2.92. The number of hydrogen-bond donors (Lipinski definition) is 1. The highest BCUT2D eigenvalue weighted by Gasteiger charge is 2.24. The number of nitrogens with zero attached hydrogens (tertiary/aromatic N) is 3. The topological polar surface area (TPSA) is 33.1 Å². The Morgan fingerprint density at radius 1 is 1.27 bits per heavy atom. The fourth-order valence-electron chi connectivity index (χ4n) is 2.80. The van der Waals surface area contributed by atoms with Crippen LogP contribution in [0.5, 0.6) is 0 Å². The Bertz CT molecular complexity index is 655. The third-order valence-electron chi connectivity index (χ3n) is 4.33. The van der Waals surface area contributed by atoms with E-state index < -0.39 is 11.6 Å². The van der Waals surface area contributed by atoms with Gasteiger partial charge in [-0.15, -0.1) is 0 Å². The molecule has 0 spiro atoms. The molecule has 1 aromatic carbocycles. The molecule has 1 fully saturated rings. The number of piperazine rings is 1. The summed E-state index contributed by atoms with van der Waals surface area (Å²) in [6, 6.07) is 6.24. The van der Waals surface area contributed by atoms with Gasteiger partial charge in [0.2, 0.25) is 0 Å². The smallest absolute Gasteiger partial charge is 0.151 e. The summed E-state index contributed by atoms with van der Waals surface area (Å²) in [6.07, 6.45) is 1.71. The van der Waals surface area contributed by atoms with Crippen molar-refractivity contribution in [1.29, 1.82) is 0 Å². The number of rotatable bonds is 3. The van der Waals surface area contributed by atoms with Gasteiger partial charge in [0.1, 0.15) is 11.5 Å². The molecule has 2 atom stereocenters. The summed E-state index contributed by atoms with van der Waals surface area (Å²) in [5, 5.41) is 7.86. The van der Waals surface area contributed by atoms with Crippen molar-refractivity contribution >= 4 is 0 Å². The SMILES string of the molecule is CC1NCCN(Cc2ccn(-c3ccc(F)cc3F)n2)C1C. The normalized spacial score (nSPS) is 22.9. The van der Waals surface area contributed by atoms with E-state index in [1.165, 1.54) is 16.8 Å². The summed E-state index contributed by atoms with van der Waals surface area (Å²) in [5.74, 6) is -1.20. The molecule has 1 aromatic heterocycles. The molecule has 1 aliphatic rings. The van der Waals surface area contributed by atoms with Crippen LogP contribution in [0, 0.1) is 11.6 Å². The first-order chi connectivity index (χ1) is 10.5. The van der Waals surface area contributed by atoms with Crippen molar-refractivity contribution in [2.75, 3.05) is 13.1 Å². The standard InChI is InChI=1S/C16H20F2N4/c1-11-12(2)21(8-6-19-11)10-14-5-7-22(20-14)16-4-3-13(17)9-15(16)18/h3-5,7,9,11-12,19H,6,8,10H2,1-2H3. The van der Waals surface area contributed by atoms with Gasteiger partial charge in [-0.25, -0.2) is 13.5 Å². The fraction of sp³-hybridized carbons (Fsp3) is 0.438. The second-order valence-electron chi connectivity index (χ2n) is 5.80. The Labute approximate surface area is 128 Å². The van der Waals surface area contributed by atoms with Gasteiger partial charge in [-0.2, -0.15) is 5.10 Å². The molecule has 2 unspecified atom stereocenters. The van der Waals surface area contributed by atoms with Crippen LogP contribution in [0.25, 0.3) is 5.69 Å². The van der Waals surface area contributed by atoms with E-state index in [0.29, 0.717) is 12.1 Å². The molecular weight excluding hydrogens is 286 g/mol. The van der Waals surface area contributed by atoms with Crippen LogP contribution in [-0.2, 0) is 6.54 Å². The summed E-state index contributed by atoms with van der Waals surface area (Å²) in [7, 11) is 0. The van der Waals surface area contributed by atoms with Gasteiger partial charge in [-0.3, -0.25) is 4.90 Å². The van der Waals surface area contributed by atoms with E-state index in [-0.39, 0.29) is 5.69 Å². The minimum atomic E-state index is -0.612. The first-order valence-electron chi connectivity index (χ1n) is 7.52. The first kappa shape index (κ1) is 15.1. The van der Waals surface area contributed by atoms with Gasteiger partial charge in [0.15, 0.2) is 5.82 Å². The number of hydrogen-bond acceptors (Lipinski definition) is 3. The largest absolute Gasteiger partial charge is 0.311 e. The van der Waals surface area contributed by atoms with Crippen molar-refractivity contribution in [3.8, 4) is 5.69 Å². The van der Waals surface area contributed by atoms with E-state index >= 15 is 0 Å². The van der Waals surface area contributed by atoms with Gasteiger partial charge in [-0.05, 0) is 32.0 Å². The molecule has 0 saturated carbocycles. The number of benzene rings is 1. The number of aromatic nitrogens is 2. The van der Waals surface area contributed by atoms with Crippen LogP contribution in [0.3, 0.4) is 0 Å². The number of halogens is 2. The Morgan fingerprint density at radius 2 is 2.09 bits per heavy atom. The first-order valence-corrected chi connectivity index (χ1v) is 7.52. The predicted molar refractivity (Wildman–Crippen MR) is 80.8 cm³/mol. The molecule has 0 bridgehead atoms. The Morgan fingerprint density at radius 3 is 2.86 bits per heavy atom. The average molecular weight is 306 g/mol. The van der Waals surface area contributed by atoms with E-state index in [9.17, 15) is 8.78 Å². The molecule has 2 heterocycles. The van der Waals surface area contributed by atoms with Crippen molar-refractivity contribution in [2.24, 2.45) is 0 Å². The van der Waals surface area contributed by atoms with E-state index in [0.717, 1.165) is 31.4 Å². The lowest BCUT2D eigenvalue weighted by molar-refractivity contribution is 0.129. The minimum absolute atomic E-state index is 0.259. The van der Waals surface area contributed by atoms with E-state index in [1.807, 2.05) is 6.07 Å². The third-order valence-corrected chi connectivity index (χ3v) is 4.33. The Balaban J connectivity index is 1.76. The summed E-state index contributed by atoms with van der Waals surface area (Å²) in [6.45, 7) is 7.00. The van der Waals surface area contributed by atoms with Crippen molar-refractivity contribution in [3.63, 3.8) is 0 Å². The van der Waals surface area contributed by atoms with Crippen molar-refractivity contribution < 1.29 is 8.78 Å². The quantitative estimate of drug-likeness (QED) is 0.945. The van der Waals surface area contributed by atoms with Crippen LogP contribution in [0.4, 0.5) is 8.78 Å². The van der Waals surface area contributed by atoms with E-state index in [2.05, 4.69) is 29.2 Å². The monoisotopic (exact) mass is 306 g/mol. The summed E-state index contributed by atoms with van der Waals surface area (Å²) >= 11 is 0. The lowest BCUT2D eigenvalue weighted by Gasteiger charge is -2.38. The zero-order valence-electron chi connectivity index (χ0n) is 12.8. The fourth-order valence-corrected chi connectivity index (χ4v) is 2.80. The summed E-state index contributed by atoms with van der Waals surface area (Å²) < 4.78 is 28.2. The zero-order valence-corrected chi connectivity index (χ0v) is 12.8. The molecule has 6 heteroatoms. The van der Waals surface area contributed by atoms with E-state index in [4.69, 9.17) is 0 Å². The van der Waals surface area contributed by atoms with Gasteiger partial charge in [0.05, 0.1) is 5.69 Å². The highest BCUT2D eigenvalue weighted by molar-refractivity contribution is 5.33. The molecule has 118 valence electrons. The van der Waals surface area contributed by atoms with Crippen molar-refractivity contribution in [1.82, 2.24) is 20.0 Å². The van der Waals surface area contributed by atoms with Crippen LogP contribution in [0.15, 0.2) is 30.5 Å².